The van der Waals surface area contributed by atoms with Crippen LogP contribution in [0.2, 0.25) is 0 Å². The van der Waals surface area contributed by atoms with Gasteiger partial charge in [0.05, 0.1) is 13.0 Å². The molecular formula is C31H36N4O2. The van der Waals surface area contributed by atoms with Gasteiger partial charge in [-0.05, 0) is 74.5 Å². The molecule has 1 fully saturated rings. The molecule has 2 aromatic heterocycles. The van der Waals surface area contributed by atoms with E-state index in [4.69, 9.17) is 10.5 Å². The van der Waals surface area contributed by atoms with Gasteiger partial charge in [0.15, 0.2) is 0 Å². The first-order valence-corrected chi connectivity index (χ1v) is 13.4. The average molecular weight is 497 g/mol. The second kappa shape index (κ2) is 9.51. The van der Waals surface area contributed by atoms with Crippen LogP contribution < -0.4 is 5.73 Å². The maximum Gasteiger partial charge on any atom is 0.310 e. The summed E-state index contributed by atoms with van der Waals surface area (Å²) in [5.41, 5.74) is 14.6. The molecule has 192 valence electrons. The van der Waals surface area contributed by atoms with Gasteiger partial charge in [-0.1, -0.05) is 42.0 Å². The average Bonchev–Trinajstić information content (AvgIpc) is 3.48. The Morgan fingerprint density at radius 2 is 2.03 bits per heavy atom. The molecule has 4 unspecified atom stereocenters. The van der Waals surface area contributed by atoms with Gasteiger partial charge in [0.1, 0.15) is 0 Å². The lowest BCUT2D eigenvalue weighted by Gasteiger charge is -2.46. The Morgan fingerprint density at radius 1 is 1.19 bits per heavy atom. The van der Waals surface area contributed by atoms with E-state index in [2.05, 4.69) is 83.6 Å². The highest BCUT2D eigenvalue weighted by molar-refractivity contribution is 5.87. The monoisotopic (exact) mass is 496 g/mol. The number of aromatic nitrogens is 2. The van der Waals surface area contributed by atoms with E-state index >= 15 is 0 Å². The number of H-pyrrole nitrogens is 2. The molecule has 0 amide bonds. The topological polar surface area (TPSA) is 87.1 Å². The number of carbonyl (C=O) groups excluding carboxylic acids is 1. The number of benzene rings is 2. The maximum atomic E-state index is 13.3. The highest BCUT2D eigenvalue weighted by atomic mass is 16.5. The van der Waals surface area contributed by atoms with E-state index in [-0.39, 0.29) is 29.8 Å². The van der Waals surface area contributed by atoms with Crippen molar-refractivity contribution in [3.8, 4) is 0 Å². The fourth-order valence-corrected chi connectivity index (χ4v) is 7.04. The van der Waals surface area contributed by atoms with Gasteiger partial charge >= 0.3 is 5.97 Å². The van der Waals surface area contributed by atoms with Crippen molar-refractivity contribution in [2.75, 3.05) is 27.2 Å². The van der Waals surface area contributed by atoms with E-state index in [9.17, 15) is 4.79 Å². The van der Waals surface area contributed by atoms with Crippen LogP contribution in [0.5, 0.6) is 0 Å². The molecule has 1 aliphatic carbocycles. The van der Waals surface area contributed by atoms with Crippen molar-refractivity contribution >= 4 is 27.8 Å². The summed E-state index contributed by atoms with van der Waals surface area (Å²) in [6.45, 7) is 3.61. The molecule has 3 heterocycles. The third kappa shape index (κ3) is 3.90. The standard InChI is InChI=1S/C31H36N4O2/c1-4-18-17-35(2)28-15-25-22-7-5-6-8-26(22)34-30(25)24(14-23(18)29(28)31(36)37-3)19-9-10-21-20(11-12-32)16-33-27(21)13-19/h4-10,13,16,23-24,28-29,33-34H,11-12,14-15,17,32H2,1-3H3. The lowest BCUT2D eigenvalue weighted by Crippen LogP contribution is -2.53. The molecule has 4 aromatic rings. The van der Waals surface area contributed by atoms with Gasteiger partial charge in [-0.15, -0.1) is 0 Å². The largest absolute Gasteiger partial charge is 0.469 e. The molecule has 2 aliphatic rings. The second-order valence-electron chi connectivity index (χ2n) is 10.7. The van der Waals surface area contributed by atoms with Crippen molar-refractivity contribution in [1.29, 1.82) is 0 Å². The van der Waals surface area contributed by atoms with E-state index in [0.29, 0.717) is 6.54 Å². The molecule has 2 bridgehead atoms. The third-order valence-electron chi connectivity index (χ3n) is 8.87. The van der Waals surface area contributed by atoms with Crippen LogP contribution in [-0.4, -0.2) is 54.1 Å². The number of allylic oxidation sites excluding steroid dienone is 1. The third-order valence-corrected chi connectivity index (χ3v) is 8.87. The van der Waals surface area contributed by atoms with E-state index in [1.165, 1.54) is 45.8 Å². The summed E-state index contributed by atoms with van der Waals surface area (Å²) < 4.78 is 5.43. The summed E-state index contributed by atoms with van der Waals surface area (Å²) in [6.07, 6.45) is 6.82. The number of nitrogens with one attached hydrogen (secondary N) is 2. The minimum atomic E-state index is -0.204. The minimum absolute atomic E-state index is 0.0877. The summed E-state index contributed by atoms with van der Waals surface area (Å²) in [6, 6.07) is 15.5. The fraction of sp³-hybridized carbons (Fsp3) is 0.387. The van der Waals surface area contributed by atoms with E-state index in [0.717, 1.165) is 36.8 Å². The number of ether oxygens (including phenoxy) is 1. The Bertz CT molecular complexity index is 1500. The molecule has 1 aliphatic heterocycles. The van der Waals surface area contributed by atoms with Crippen molar-refractivity contribution in [2.24, 2.45) is 17.6 Å². The van der Waals surface area contributed by atoms with E-state index in [1.807, 2.05) is 0 Å². The Balaban J connectivity index is 1.56. The Morgan fingerprint density at radius 3 is 2.81 bits per heavy atom. The van der Waals surface area contributed by atoms with Crippen molar-refractivity contribution in [1.82, 2.24) is 14.9 Å². The van der Waals surface area contributed by atoms with Crippen LogP contribution >= 0.6 is 0 Å². The van der Waals surface area contributed by atoms with Gasteiger partial charge in [-0.2, -0.15) is 0 Å². The predicted molar refractivity (Wildman–Crippen MR) is 149 cm³/mol. The smallest absolute Gasteiger partial charge is 0.310 e. The molecule has 6 nitrogen and oxygen atoms in total. The number of piperidine rings is 1. The number of esters is 1. The second-order valence-corrected chi connectivity index (χ2v) is 10.7. The molecule has 37 heavy (non-hydrogen) atoms. The lowest BCUT2D eigenvalue weighted by molar-refractivity contribution is -0.151. The zero-order valence-corrected chi connectivity index (χ0v) is 21.9. The normalized spacial score (nSPS) is 25.2. The Labute approximate surface area is 217 Å². The molecular weight excluding hydrogens is 460 g/mol. The SMILES string of the molecule is CC=C1CN(C)C2Cc3c([nH]c4ccccc34)C(c3ccc4c(CCN)c[nH]c4c3)CC1C2C(=O)OC. The number of likely N-dealkylation sites (N-methyl/N-ethyl adjacent to an activating group) is 1. The van der Waals surface area contributed by atoms with Crippen molar-refractivity contribution in [3.05, 3.63) is 82.7 Å². The van der Waals surface area contributed by atoms with E-state index < -0.39 is 0 Å². The molecule has 0 radical (unpaired) electrons. The van der Waals surface area contributed by atoms with Crippen molar-refractivity contribution < 1.29 is 9.53 Å². The molecule has 4 N–H and O–H groups in total. The number of rotatable bonds is 4. The van der Waals surface area contributed by atoms with Gasteiger partial charge in [0.2, 0.25) is 0 Å². The zero-order chi connectivity index (χ0) is 25.7. The lowest BCUT2D eigenvalue weighted by atomic mass is 9.67. The molecule has 6 heteroatoms. The van der Waals surface area contributed by atoms with Crippen LogP contribution in [0.4, 0.5) is 0 Å². The van der Waals surface area contributed by atoms with Crippen LogP contribution in [-0.2, 0) is 22.4 Å². The number of nitrogens with two attached hydrogens (primary N) is 1. The van der Waals surface area contributed by atoms with Gasteiger partial charge in [-0.3, -0.25) is 9.69 Å². The number of carbonyl (C=O) groups is 1. The van der Waals surface area contributed by atoms with E-state index in [1.54, 1.807) is 0 Å². The number of aromatic amines is 2. The van der Waals surface area contributed by atoms with Crippen molar-refractivity contribution in [2.45, 2.75) is 38.1 Å². The van der Waals surface area contributed by atoms with Crippen LogP contribution in [0.1, 0.15) is 41.6 Å². The molecule has 1 saturated heterocycles. The number of methoxy groups -OCH3 is 1. The number of likely N-dealkylation sites (tertiary alicyclic amines) is 1. The van der Waals surface area contributed by atoms with Crippen LogP contribution in [0.15, 0.2) is 60.3 Å². The molecule has 4 atom stereocenters. The summed E-state index contributed by atoms with van der Waals surface area (Å²) in [4.78, 5) is 23.0. The van der Waals surface area contributed by atoms with Gasteiger partial charge in [0.25, 0.3) is 0 Å². The summed E-state index contributed by atoms with van der Waals surface area (Å²) in [5.74, 6) is -0.0568. The number of nitrogens with zero attached hydrogens (tertiary/aromatic N) is 1. The van der Waals surface area contributed by atoms with Crippen molar-refractivity contribution in [3.63, 3.8) is 0 Å². The highest BCUT2D eigenvalue weighted by Crippen LogP contribution is 2.47. The van der Waals surface area contributed by atoms with Crippen LogP contribution in [0.25, 0.3) is 21.8 Å². The number of fused-ring (bicyclic) bond motifs is 6. The Kier molecular flexibility index (Phi) is 6.17. The summed E-state index contributed by atoms with van der Waals surface area (Å²) in [5, 5.41) is 2.49. The first-order chi connectivity index (χ1) is 18.0. The summed E-state index contributed by atoms with van der Waals surface area (Å²) >= 11 is 0. The number of hydrogen-bond donors (Lipinski definition) is 3. The van der Waals surface area contributed by atoms with Crippen LogP contribution in [0.3, 0.4) is 0 Å². The summed E-state index contributed by atoms with van der Waals surface area (Å²) in [7, 11) is 3.67. The van der Waals surface area contributed by atoms with Crippen LogP contribution in [0, 0.1) is 11.8 Å². The minimum Gasteiger partial charge on any atom is -0.469 e. The number of hydrogen-bond acceptors (Lipinski definition) is 4. The first kappa shape index (κ1) is 24.0. The first-order valence-electron chi connectivity index (χ1n) is 13.4. The highest BCUT2D eigenvalue weighted by Gasteiger charge is 2.47. The zero-order valence-electron chi connectivity index (χ0n) is 21.9. The predicted octanol–water partition coefficient (Wildman–Crippen LogP) is 4.89. The van der Waals surface area contributed by atoms with Gasteiger partial charge < -0.3 is 20.4 Å². The van der Waals surface area contributed by atoms with Gasteiger partial charge in [0, 0.05) is 52.2 Å². The molecule has 0 saturated carbocycles. The number of para-hydroxylation sites is 1. The Hall–Kier alpha value is -3.35. The van der Waals surface area contributed by atoms with Gasteiger partial charge in [-0.25, -0.2) is 0 Å². The molecule has 6 rings (SSSR count). The molecule has 2 aromatic carbocycles. The fourth-order valence-electron chi connectivity index (χ4n) is 7.04. The maximum absolute atomic E-state index is 13.3. The molecule has 0 spiro atoms. The quantitative estimate of drug-likeness (QED) is 0.277.